The number of hydrogen-bond acceptors (Lipinski definition) is 10. The van der Waals surface area contributed by atoms with Crippen molar-refractivity contribution in [2.75, 3.05) is 70.8 Å². The van der Waals surface area contributed by atoms with E-state index in [1.807, 2.05) is 43.3 Å². The van der Waals surface area contributed by atoms with Crippen molar-refractivity contribution in [3.63, 3.8) is 0 Å². The number of carbonyl (C=O) groups is 3. The van der Waals surface area contributed by atoms with Crippen molar-refractivity contribution in [3.05, 3.63) is 127 Å². The second kappa shape index (κ2) is 19.2. The van der Waals surface area contributed by atoms with Crippen LogP contribution in [0.3, 0.4) is 0 Å². The fraction of sp³-hybridized carbons (Fsp3) is 0.464. The van der Waals surface area contributed by atoms with Gasteiger partial charge in [-0.1, -0.05) is 6.08 Å². The van der Waals surface area contributed by atoms with Crippen LogP contribution in [0.15, 0.2) is 70.5 Å². The molecular weight excluding hydrogens is 945 g/mol. The van der Waals surface area contributed by atoms with E-state index in [0.29, 0.717) is 72.7 Å². The van der Waals surface area contributed by atoms with Crippen LogP contribution in [0.25, 0.3) is 33.3 Å². The molecule has 1 saturated carbocycles. The van der Waals surface area contributed by atoms with Crippen LogP contribution in [0, 0.1) is 24.5 Å². The van der Waals surface area contributed by atoms with Crippen molar-refractivity contribution >= 4 is 51.0 Å². The number of benzene rings is 2. The molecule has 0 bridgehead atoms. The number of piperazine rings is 1. The second-order valence-electron chi connectivity index (χ2n) is 21.5. The molecule has 2 aromatic carbocycles. The minimum absolute atomic E-state index is 0.00884. The van der Waals surface area contributed by atoms with E-state index < -0.39 is 17.8 Å². The Balaban J connectivity index is 0.639. The summed E-state index contributed by atoms with van der Waals surface area (Å²) in [6.45, 7) is 11.9. The Hall–Kier alpha value is -6.76. The van der Waals surface area contributed by atoms with Crippen LogP contribution in [0.5, 0.6) is 0 Å². The van der Waals surface area contributed by atoms with Crippen molar-refractivity contribution in [3.8, 4) is 5.69 Å². The second-order valence-corrected chi connectivity index (χ2v) is 21.5. The van der Waals surface area contributed by atoms with E-state index in [-0.39, 0.29) is 53.8 Å². The fourth-order valence-corrected chi connectivity index (χ4v) is 12.6. The highest BCUT2D eigenvalue weighted by Gasteiger charge is 2.36. The van der Waals surface area contributed by atoms with Crippen molar-refractivity contribution in [1.82, 2.24) is 48.2 Å². The van der Waals surface area contributed by atoms with Gasteiger partial charge in [0.05, 0.1) is 16.7 Å². The molecule has 5 aliphatic heterocycles. The first kappa shape index (κ1) is 48.2. The van der Waals surface area contributed by atoms with Gasteiger partial charge in [-0.3, -0.25) is 48.0 Å². The number of aryl methyl sites for hydroxylation is 2. The first-order chi connectivity index (χ1) is 35.8. The molecule has 0 radical (unpaired) electrons. The summed E-state index contributed by atoms with van der Waals surface area (Å²) in [5.74, 6) is -1.39. The van der Waals surface area contributed by atoms with E-state index in [1.165, 1.54) is 16.7 Å². The Kier molecular flexibility index (Phi) is 12.5. The zero-order chi connectivity index (χ0) is 51.1. The van der Waals surface area contributed by atoms with Crippen molar-refractivity contribution in [2.45, 2.75) is 89.9 Å². The molecule has 3 saturated heterocycles. The van der Waals surface area contributed by atoms with Gasteiger partial charge in [-0.15, -0.1) is 0 Å². The van der Waals surface area contributed by atoms with Gasteiger partial charge in [0.25, 0.3) is 11.5 Å². The monoisotopic (exact) mass is 1010 g/mol. The van der Waals surface area contributed by atoms with Gasteiger partial charge in [0.15, 0.2) is 0 Å². The lowest BCUT2D eigenvalue weighted by atomic mass is 9.92. The van der Waals surface area contributed by atoms with Gasteiger partial charge >= 0.3 is 5.69 Å². The molecule has 1 aliphatic carbocycles. The number of piperidine rings is 2. The summed E-state index contributed by atoms with van der Waals surface area (Å²) in [6, 6.07) is 11.6. The number of amides is 3. The molecule has 74 heavy (non-hydrogen) atoms. The highest BCUT2D eigenvalue weighted by molar-refractivity contribution is 6.00. The lowest BCUT2D eigenvalue weighted by Crippen LogP contribution is -2.48. The Morgan fingerprint density at radius 3 is 2.34 bits per heavy atom. The molecule has 2 N–H and O–H groups in total. The van der Waals surface area contributed by atoms with Crippen LogP contribution in [-0.2, 0) is 29.6 Å². The highest BCUT2D eigenvalue weighted by Crippen LogP contribution is 2.39. The largest absolute Gasteiger partial charge is 0.384 e. The molecule has 18 heteroatoms. The number of imidazole rings is 1. The summed E-state index contributed by atoms with van der Waals surface area (Å²) in [7, 11) is 2.01. The summed E-state index contributed by atoms with van der Waals surface area (Å²) in [6.07, 6.45) is 10.8. The highest BCUT2D eigenvalue weighted by atomic mass is 19.1. The van der Waals surface area contributed by atoms with Gasteiger partial charge < -0.3 is 19.7 Å². The molecule has 12 rings (SSSR count). The van der Waals surface area contributed by atoms with Gasteiger partial charge in [0.1, 0.15) is 23.3 Å². The van der Waals surface area contributed by atoms with Gasteiger partial charge in [0, 0.05) is 155 Å². The third-order valence-electron chi connectivity index (χ3n) is 16.9. The molecule has 0 spiro atoms. The maximum absolute atomic E-state index is 16.2. The predicted octanol–water partition coefficient (Wildman–Crippen LogP) is 6.23. The van der Waals surface area contributed by atoms with Gasteiger partial charge in [-0.05, 0) is 112 Å². The van der Waals surface area contributed by atoms with Crippen LogP contribution in [0.2, 0.25) is 0 Å². The number of nitrogens with one attached hydrogen (secondary N) is 2. The molecule has 16 nitrogen and oxygen atoms in total. The predicted molar refractivity (Wildman–Crippen MR) is 278 cm³/mol. The molecule has 4 fully saturated rings. The van der Waals surface area contributed by atoms with Crippen molar-refractivity contribution in [2.24, 2.45) is 13.0 Å². The molecular formula is C56H63F2N11O5. The molecule has 3 amide bonds. The average molecular weight is 1010 g/mol. The fourth-order valence-electron chi connectivity index (χ4n) is 12.6. The zero-order valence-electron chi connectivity index (χ0n) is 42.3. The molecule has 1 unspecified atom stereocenters. The number of anilines is 1. The molecule has 6 aromatic rings. The Labute approximate surface area is 427 Å². The summed E-state index contributed by atoms with van der Waals surface area (Å²) >= 11 is 0. The first-order valence-electron chi connectivity index (χ1n) is 26.5. The Morgan fingerprint density at radius 1 is 0.838 bits per heavy atom. The first-order valence-corrected chi connectivity index (χ1v) is 26.5. The third-order valence-corrected chi connectivity index (χ3v) is 16.9. The number of pyridine rings is 2. The minimum atomic E-state index is -0.857. The summed E-state index contributed by atoms with van der Waals surface area (Å²) in [5, 5.41) is 6.54. The van der Waals surface area contributed by atoms with Crippen LogP contribution in [0.1, 0.15) is 108 Å². The number of rotatable bonds is 11. The quantitative estimate of drug-likeness (QED) is 0.143. The van der Waals surface area contributed by atoms with Crippen LogP contribution >= 0.6 is 0 Å². The van der Waals surface area contributed by atoms with Gasteiger partial charge in [-0.25, -0.2) is 18.6 Å². The van der Waals surface area contributed by atoms with Gasteiger partial charge in [-0.2, -0.15) is 0 Å². The molecule has 9 heterocycles. The van der Waals surface area contributed by atoms with E-state index in [4.69, 9.17) is 4.98 Å². The number of imide groups is 1. The zero-order valence-corrected chi connectivity index (χ0v) is 42.3. The number of nitrogens with zero attached hydrogens (tertiary/aromatic N) is 9. The Morgan fingerprint density at radius 2 is 1.61 bits per heavy atom. The van der Waals surface area contributed by atoms with E-state index in [1.54, 1.807) is 21.4 Å². The lowest BCUT2D eigenvalue weighted by Gasteiger charge is -2.39. The van der Waals surface area contributed by atoms with E-state index >= 15 is 8.78 Å². The molecule has 6 aliphatic rings. The van der Waals surface area contributed by atoms with Crippen LogP contribution in [0.4, 0.5) is 14.5 Å². The molecule has 386 valence electrons. The molecule has 4 aromatic heterocycles. The van der Waals surface area contributed by atoms with Crippen molar-refractivity contribution < 1.29 is 23.2 Å². The maximum atomic E-state index is 16.2. The minimum Gasteiger partial charge on any atom is -0.384 e. The molecule has 2 atom stereocenters. The van der Waals surface area contributed by atoms with Crippen molar-refractivity contribution in [1.29, 1.82) is 0 Å². The standard InChI is InChI=1S/C56H63F2N11O5/c1-33-26-37(27-43(58)51(33)36-12-19-65(20-13-36)34(2)47-29-41-45(9-16-60-52(41)62(47)3)67-21-14-44-40(55(67)73)8-15-59-44)54(72)66-17-10-35(11-18-66)31-63-22-24-64(25-23-63)32-38-28-48-49(30-42(38)57)69(56(74)68(48)39-4-5-39)46-6-7-50(70)61-53(46)71/h9,12,14,16,21,26-30,34-35,39,46,59H,4-8,10-11,13,15,17-20,22-25,31-32H2,1-3H3,(H,61,70,71)/t34-,46?/m0/s1. The van der Waals surface area contributed by atoms with Crippen LogP contribution < -0.4 is 21.9 Å². The maximum Gasteiger partial charge on any atom is 0.330 e. The lowest BCUT2D eigenvalue weighted by molar-refractivity contribution is -0.135. The van der Waals surface area contributed by atoms with Gasteiger partial charge in [0.2, 0.25) is 11.8 Å². The number of likely N-dealkylation sites (tertiary alicyclic amines) is 1. The van der Waals surface area contributed by atoms with E-state index in [9.17, 15) is 24.0 Å². The summed E-state index contributed by atoms with van der Waals surface area (Å²) in [4.78, 5) is 79.4. The smallest absolute Gasteiger partial charge is 0.330 e. The van der Waals surface area contributed by atoms with E-state index in [0.717, 1.165) is 116 Å². The number of hydrogen-bond donors (Lipinski definition) is 2. The Bertz CT molecular complexity index is 3400. The summed E-state index contributed by atoms with van der Waals surface area (Å²) in [5.41, 5.74) is 8.26. The normalized spacial score (nSPS) is 20.8. The third kappa shape index (κ3) is 8.67. The number of carbonyl (C=O) groups excluding carboxylic acids is 3. The van der Waals surface area contributed by atoms with E-state index in [2.05, 4.69) is 49.0 Å². The SMILES string of the molecule is Cc1cc(C(=O)N2CCC(CN3CCN(Cc4cc5c(cc4F)n(C4CCC(=O)NC4=O)c(=O)n5C4CC4)CC3)CC2)cc(F)c1C1=CCN([C@@H](C)c2cc3c(-n4ccc5c(c4=O)CCN5)ccnc3n2C)CC1. The number of fused-ring (bicyclic) bond motifs is 3. The van der Waals surface area contributed by atoms with Crippen LogP contribution in [-0.4, -0.2) is 126 Å². The summed E-state index contributed by atoms with van der Waals surface area (Å²) < 4.78 is 39.0. The topological polar surface area (TPSA) is 155 Å². The number of aromatic nitrogens is 5. The number of halogens is 2. The average Bonchev–Trinajstić information content (AvgIpc) is 3.89.